The Labute approximate surface area is 181 Å². The van der Waals surface area contributed by atoms with E-state index in [4.69, 9.17) is 0 Å². The zero-order valence-corrected chi connectivity index (χ0v) is 16.9. The van der Waals surface area contributed by atoms with Gasteiger partial charge in [-0.15, -0.1) is 15.3 Å². The van der Waals surface area contributed by atoms with Crippen LogP contribution < -0.4 is 4.90 Å². The van der Waals surface area contributed by atoms with Crippen molar-refractivity contribution < 1.29 is 18.0 Å². The van der Waals surface area contributed by atoms with Crippen LogP contribution in [0.2, 0.25) is 0 Å². The Bertz CT molecular complexity index is 1310. The van der Waals surface area contributed by atoms with Gasteiger partial charge in [-0.05, 0) is 55.3 Å². The maximum absolute atomic E-state index is 14.2. The number of hydrogen-bond acceptors (Lipinski definition) is 5. The van der Waals surface area contributed by atoms with Crippen LogP contribution in [0, 0.1) is 23.4 Å². The molecule has 0 atom stereocenters. The van der Waals surface area contributed by atoms with Gasteiger partial charge in [-0.1, -0.05) is 12.1 Å². The first-order chi connectivity index (χ1) is 15.5. The van der Waals surface area contributed by atoms with Gasteiger partial charge in [0.25, 0.3) is 0 Å². The van der Waals surface area contributed by atoms with E-state index in [1.165, 1.54) is 10.6 Å². The zero-order valence-electron chi connectivity index (χ0n) is 16.9. The average Bonchev–Trinajstić information content (AvgIpc) is 3.24. The SMILES string of the molecule is O=C(c1cc(F)ccc1F)C1CCN(c2ccc3nnc(-c4ccccc4F)n3n2)CC1. The summed E-state index contributed by atoms with van der Waals surface area (Å²) in [6.07, 6.45) is 0.966. The van der Waals surface area contributed by atoms with Crippen molar-refractivity contribution in [3.8, 4) is 11.4 Å². The molecule has 1 aliphatic heterocycles. The summed E-state index contributed by atoms with van der Waals surface area (Å²) in [5, 5.41) is 12.7. The van der Waals surface area contributed by atoms with Gasteiger partial charge in [-0.25, -0.2) is 13.2 Å². The van der Waals surface area contributed by atoms with Gasteiger partial charge < -0.3 is 4.90 Å². The number of aromatic nitrogens is 4. The predicted octanol–water partition coefficient (Wildman–Crippen LogP) is 4.31. The van der Waals surface area contributed by atoms with Crippen molar-refractivity contribution in [2.24, 2.45) is 5.92 Å². The Kier molecular flexibility index (Phi) is 5.08. The van der Waals surface area contributed by atoms with E-state index in [1.807, 2.05) is 4.90 Å². The lowest BCUT2D eigenvalue weighted by atomic mass is 9.88. The number of rotatable bonds is 4. The molecule has 0 amide bonds. The van der Waals surface area contributed by atoms with Gasteiger partial charge in [0, 0.05) is 19.0 Å². The van der Waals surface area contributed by atoms with Crippen LogP contribution in [-0.2, 0) is 0 Å². The molecule has 2 aromatic carbocycles. The highest BCUT2D eigenvalue weighted by molar-refractivity contribution is 5.98. The summed E-state index contributed by atoms with van der Waals surface area (Å²) in [7, 11) is 0. The molecule has 0 saturated carbocycles. The fraction of sp³-hybridized carbons (Fsp3) is 0.217. The molecular formula is C23H18F3N5O. The number of Topliss-reactive ketones (excluding diaryl/α,β-unsaturated/α-hetero) is 1. The van der Waals surface area contributed by atoms with E-state index >= 15 is 0 Å². The summed E-state index contributed by atoms with van der Waals surface area (Å²) in [4.78, 5) is 14.7. The van der Waals surface area contributed by atoms with Crippen LogP contribution in [0.5, 0.6) is 0 Å². The molecule has 9 heteroatoms. The van der Waals surface area contributed by atoms with Crippen molar-refractivity contribution in [1.29, 1.82) is 0 Å². The fourth-order valence-corrected chi connectivity index (χ4v) is 4.04. The van der Waals surface area contributed by atoms with Gasteiger partial charge in [0.05, 0.1) is 11.1 Å². The molecule has 6 nitrogen and oxygen atoms in total. The number of anilines is 1. The Morgan fingerprint density at radius 2 is 1.69 bits per heavy atom. The van der Waals surface area contributed by atoms with Crippen LogP contribution in [-0.4, -0.2) is 38.7 Å². The molecule has 1 fully saturated rings. The maximum atomic E-state index is 14.2. The van der Waals surface area contributed by atoms with Gasteiger partial charge in [0.1, 0.15) is 23.3 Å². The number of piperidine rings is 1. The van der Waals surface area contributed by atoms with Crippen LogP contribution in [0.4, 0.5) is 19.0 Å². The van der Waals surface area contributed by atoms with E-state index in [2.05, 4.69) is 15.3 Å². The Hall–Kier alpha value is -3.75. The van der Waals surface area contributed by atoms with Crippen molar-refractivity contribution in [3.05, 3.63) is 77.6 Å². The maximum Gasteiger partial charge on any atom is 0.188 e. The van der Waals surface area contributed by atoms with Crippen LogP contribution in [0.1, 0.15) is 23.2 Å². The normalized spacial score (nSPS) is 14.8. The molecule has 1 aliphatic rings. The summed E-state index contributed by atoms with van der Waals surface area (Å²) < 4.78 is 43.2. The highest BCUT2D eigenvalue weighted by Crippen LogP contribution is 2.27. The quantitative estimate of drug-likeness (QED) is 0.446. The van der Waals surface area contributed by atoms with Crippen molar-refractivity contribution in [1.82, 2.24) is 19.8 Å². The number of ketones is 1. The van der Waals surface area contributed by atoms with Crippen LogP contribution in [0.15, 0.2) is 54.6 Å². The van der Waals surface area contributed by atoms with Crippen molar-refractivity contribution >= 4 is 17.2 Å². The predicted molar refractivity (Wildman–Crippen MR) is 112 cm³/mol. The molecule has 4 aromatic rings. The molecule has 0 spiro atoms. The van der Waals surface area contributed by atoms with Crippen LogP contribution in [0.25, 0.3) is 17.0 Å². The van der Waals surface area contributed by atoms with Crippen molar-refractivity contribution in [3.63, 3.8) is 0 Å². The molecule has 0 unspecified atom stereocenters. The zero-order chi connectivity index (χ0) is 22.2. The number of halogens is 3. The minimum atomic E-state index is -0.709. The van der Waals surface area contributed by atoms with Gasteiger partial charge in [-0.2, -0.15) is 4.52 Å². The highest BCUT2D eigenvalue weighted by Gasteiger charge is 2.28. The van der Waals surface area contributed by atoms with Gasteiger partial charge >= 0.3 is 0 Å². The third-order valence-electron chi connectivity index (χ3n) is 5.75. The monoisotopic (exact) mass is 437 g/mol. The molecular weight excluding hydrogens is 419 g/mol. The van der Waals surface area contributed by atoms with Gasteiger partial charge in [0.15, 0.2) is 17.3 Å². The fourth-order valence-electron chi connectivity index (χ4n) is 4.04. The molecule has 3 heterocycles. The second-order valence-corrected chi connectivity index (χ2v) is 7.71. The average molecular weight is 437 g/mol. The molecule has 2 aromatic heterocycles. The largest absolute Gasteiger partial charge is 0.355 e. The first-order valence-corrected chi connectivity index (χ1v) is 10.2. The third-order valence-corrected chi connectivity index (χ3v) is 5.75. The number of carbonyl (C=O) groups excluding carboxylic acids is 1. The molecule has 1 saturated heterocycles. The number of hydrogen-bond donors (Lipinski definition) is 0. The molecule has 5 rings (SSSR count). The van der Waals surface area contributed by atoms with Crippen molar-refractivity contribution in [2.75, 3.05) is 18.0 Å². The number of fused-ring (bicyclic) bond motifs is 1. The number of nitrogens with zero attached hydrogens (tertiary/aromatic N) is 5. The molecule has 0 N–H and O–H groups in total. The lowest BCUT2D eigenvalue weighted by Crippen LogP contribution is -2.37. The van der Waals surface area contributed by atoms with Crippen LogP contribution >= 0.6 is 0 Å². The van der Waals surface area contributed by atoms with Crippen LogP contribution in [0.3, 0.4) is 0 Å². The van der Waals surface area contributed by atoms with Gasteiger partial charge in [0.2, 0.25) is 0 Å². The van der Waals surface area contributed by atoms with Crippen molar-refractivity contribution in [2.45, 2.75) is 12.8 Å². The lowest BCUT2D eigenvalue weighted by Gasteiger charge is -2.32. The Balaban J connectivity index is 1.36. The lowest BCUT2D eigenvalue weighted by molar-refractivity contribution is 0.0895. The third kappa shape index (κ3) is 3.59. The van der Waals surface area contributed by atoms with E-state index in [0.717, 1.165) is 18.2 Å². The molecule has 162 valence electrons. The smallest absolute Gasteiger partial charge is 0.188 e. The summed E-state index contributed by atoms with van der Waals surface area (Å²) in [6.45, 7) is 1.03. The highest BCUT2D eigenvalue weighted by atomic mass is 19.1. The summed E-state index contributed by atoms with van der Waals surface area (Å²) in [5.74, 6) is -1.60. The minimum absolute atomic E-state index is 0.206. The molecule has 0 aliphatic carbocycles. The summed E-state index contributed by atoms with van der Waals surface area (Å²) in [6, 6.07) is 12.7. The van der Waals surface area contributed by atoms with E-state index in [9.17, 15) is 18.0 Å². The minimum Gasteiger partial charge on any atom is -0.355 e. The summed E-state index contributed by atoms with van der Waals surface area (Å²) in [5.41, 5.74) is 0.576. The first-order valence-electron chi connectivity index (χ1n) is 10.2. The topological polar surface area (TPSA) is 63.4 Å². The number of carbonyl (C=O) groups is 1. The summed E-state index contributed by atoms with van der Waals surface area (Å²) >= 11 is 0. The standard InChI is InChI=1S/C23H18F3N5O/c24-15-5-6-19(26)17(13-15)22(32)14-9-11-30(12-10-14)21-8-7-20-27-28-23(31(20)29-21)16-3-1-2-4-18(16)25/h1-8,13-14H,9-12H2. The van der Waals surface area contributed by atoms with E-state index in [-0.39, 0.29) is 11.3 Å². The van der Waals surface area contributed by atoms with E-state index in [1.54, 1.807) is 30.3 Å². The molecule has 0 radical (unpaired) electrons. The Morgan fingerprint density at radius 1 is 0.906 bits per heavy atom. The van der Waals surface area contributed by atoms with Gasteiger partial charge in [-0.3, -0.25) is 4.79 Å². The Morgan fingerprint density at radius 3 is 2.47 bits per heavy atom. The molecule has 0 bridgehead atoms. The first kappa shape index (κ1) is 20.2. The van der Waals surface area contributed by atoms with E-state index in [0.29, 0.717) is 48.8 Å². The molecule has 32 heavy (non-hydrogen) atoms. The number of benzene rings is 2. The van der Waals surface area contributed by atoms with E-state index < -0.39 is 23.4 Å². The second kappa shape index (κ2) is 8.07. The second-order valence-electron chi connectivity index (χ2n) is 7.71.